The molecule has 3 rings (SSSR count). The van der Waals surface area contributed by atoms with E-state index in [9.17, 15) is 19.2 Å². The molecule has 0 spiro atoms. The SMILES string of the molecule is CC1=CC(C(=O)c2ccc(C(=O)C3=CCC(=O)C(C)=C3)cc2)=CCC1=O. The molecule has 0 fully saturated rings. The third-order valence-electron chi connectivity index (χ3n) is 4.57. The van der Waals surface area contributed by atoms with Crippen LogP contribution in [0, 0.1) is 0 Å². The fourth-order valence-corrected chi connectivity index (χ4v) is 2.90. The number of Topliss-reactive ketones (excluding diaryl/α,β-unsaturated/α-hetero) is 4. The van der Waals surface area contributed by atoms with Crippen LogP contribution in [0.5, 0.6) is 0 Å². The molecule has 0 aromatic heterocycles. The Kier molecular flexibility index (Phi) is 4.76. The van der Waals surface area contributed by atoms with E-state index in [1.165, 1.54) is 0 Å². The summed E-state index contributed by atoms with van der Waals surface area (Å²) in [5.74, 6) is -0.307. The van der Waals surface area contributed by atoms with Gasteiger partial charge in [0.05, 0.1) is 0 Å². The molecule has 130 valence electrons. The Morgan fingerprint density at radius 3 is 1.35 bits per heavy atom. The number of benzene rings is 1. The summed E-state index contributed by atoms with van der Waals surface area (Å²) in [5, 5.41) is 0. The van der Waals surface area contributed by atoms with Crippen LogP contribution in [-0.2, 0) is 9.59 Å². The van der Waals surface area contributed by atoms with Crippen molar-refractivity contribution in [1.82, 2.24) is 0 Å². The lowest BCUT2D eigenvalue weighted by Gasteiger charge is -2.11. The number of hydrogen-bond donors (Lipinski definition) is 0. The first-order valence-corrected chi connectivity index (χ1v) is 8.39. The highest BCUT2D eigenvalue weighted by Gasteiger charge is 2.19. The topological polar surface area (TPSA) is 68.3 Å². The van der Waals surface area contributed by atoms with Gasteiger partial charge in [-0.25, -0.2) is 0 Å². The molecule has 1 aromatic rings. The molecule has 0 radical (unpaired) electrons. The Labute approximate surface area is 151 Å². The Morgan fingerprint density at radius 2 is 1.04 bits per heavy atom. The van der Waals surface area contributed by atoms with E-state index in [0.29, 0.717) is 33.4 Å². The van der Waals surface area contributed by atoms with Gasteiger partial charge in [0.1, 0.15) is 0 Å². The Hall–Kier alpha value is -3.14. The van der Waals surface area contributed by atoms with Crippen LogP contribution in [0.1, 0.15) is 47.4 Å². The van der Waals surface area contributed by atoms with Gasteiger partial charge in [0, 0.05) is 35.1 Å². The fourth-order valence-electron chi connectivity index (χ4n) is 2.90. The second-order valence-electron chi connectivity index (χ2n) is 6.46. The molecule has 0 saturated heterocycles. The standard InChI is InChI=1S/C22H18O4/c1-13-11-17(7-9-19(13)23)21(25)15-3-5-16(6-4-15)22(26)18-8-10-20(24)14(2)12-18/h3-8,11-12H,9-10H2,1-2H3. The normalized spacial score (nSPS) is 17.2. The minimum absolute atomic E-state index is 0.0186. The summed E-state index contributed by atoms with van der Waals surface area (Å²) in [6.45, 7) is 3.39. The second-order valence-corrected chi connectivity index (χ2v) is 6.46. The van der Waals surface area contributed by atoms with Crippen molar-refractivity contribution >= 4 is 23.1 Å². The average Bonchev–Trinajstić information content (AvgIpc) is 2.65. The van der Waals surface area contributed by atoms with Crippen LogP contribution in [0.3, 0.4) is 0 Å². The van der Waals surface area contributed by atoms with Gasteiger partial charge in [-0.15, -0.1) is 0 Å². The minimum Gasteiger partial charge on any atom is -0.294 e. The molecular formula is C22H18O4. The first-order chi connectivity index (χ1) is 12.4. The largest absolute Gasteiger partial charge is 0.294 e. The smallest absolute Gasteiger partial charge is 0.192 e. The van der Waals surface area contributed by atoms with E-state index in [4.69, 9.17) is 0 Å². The number of carbonyl (C=O) groups excluding carboxylic acids is 4. The summed E-state index contributed by atoms with van der Waals surface area (Å²) in [5.41, 5.74) is 3.06. The summed E-state index contributed by atoms with van der Waals surface area (Å²) in [7, 11) is 0. The van der Waals surface area contributed by atoms with E-state index in [1.807, 2.05) is 0 Å². The van der Waals surface area contributed by atoms with Gasteiger partial charge >= 0.3 is 0 Å². The molecule has 0 atom stereocenters. The zero-order chi connectivity index (χ0) is 18.8. The van der Waals surface area contributed by atoms with Crippen LogP contribution in [0.2, 0.25) is 0 Å². The van der Waals surface area contributed by atoms with Crippen LogP contribution in [0.25, 0.3) is 0 Å². The average molecular weight is 346 g/mol. The van der Waals surface area contributed by atoms with Gasteiger partial charge < -0.3 is 0 Å². The van der Waals surface area contributed by atoms with E-state index < -0.39 is 0 Å². The number of allylic oxidation sites excluding steroid dienone is 8. The first-order valence-electron chi connectivity index (χ1n) is 8.39. The van der Waals surface area contributed by atoms with Crippen molar-refractivity contribution in [3.63, 3.8) is 0 Å². The van der Waals surface area contributed by atoms with E-state index >= 15 is 0 Å². The maximum Gasteiger partial charge on any atom is 0.192 e. The lowest BCUT2D eigenvalue weighted by Crippen LogP contribution is -2.11. The Bertz CT molecular complexity index is 871. The van der Waals surface area contributed by atoms with Crippen LogP contribution in [0.4, 0.5) is 0 Å². The zero-order valence-corrected chi connectivity index (χ0v) is 14.7. The van der Waals surface area contributed by atoms with Gasteiger partial charge in [-0.3, -0.25) is 19.2 Å². The van der Waals surface area contributed by atoms with Crippen LogP contribution in [0.15, 0.2) is 70.9 Å². The van der Waals surface area contributed by atoms with E-state index in [1.54, 1.807) is 62.4 Å². The summed E-state index contributed by atoms with van der Waals surface area (Å²) in [4.78, 5) is 48.1. The van der Waals surface area contributed by atoms with Crippen molar-refractivity contribution in [3.05, 3.63) is 82.0 Å². The van der Waals surface area contributed by atoms with Gasteiger partial charge in [0.15, 0.2) is 23.1 Å². The molecule has 4 heteroatoms. The third kappa shape index (κ3) is 3.45. The summed E-state index contributed by atoms with van der Waals surface area (Å²) < 4.78 is 0. The zero-order valence-electron chi connectivity index (χ0n) is 14.7. The van der Waals surface area contributed by atoms with Crippen LogP contribution < -0.4 is 0 Å². The summed E-state index contributed by atoms with van der Waals surface area (Å²) in [6.07, 6.45) is 6.94. The number of carbonyl (C=O) groups is 4. The number of hydrogen-bond acceptors (Lipinski definition) is 4. The highest BCUT2D eigenvalue weighted by atomic mass is 16.1. The molecule has 2 aliphatic rings. The first kappa shape index (κ1) is 17.7. The fraction of sp³-hybridized carbons (Fsp3) is 0.182. The summed E-state index contributed by atoms with van der Waals surface area (Å²) in [6, 6.07) is 6.45. The summed E-state index contributed by atoms with van der Waals surface area (Å²) >= 11 is 0. The van der Waals surface area contributed by atoms with Crippen molar-refractivity contribution in [1.29, 1.82) is 0 Å². The Balaban J connectivity index is 1.79. The van der Waals surface area contributed by atoms with Crippen molar-refractivity contribution < 1.29 is 19.2 Å². The number of rotatable bonds is 4. The van der Waals surface area contributed by atoms with Gasteiger partial charge in [-0.2, -0.15) is 0 Å². The lowest BCUT2D eigenvalue weighted by atomic mass is 9.91. The van der Waals surface area contributed by atoms with Crippen molar-refractivity contribution in [3.8, 4) is 0 Å². The van der Waals surface area contributed by atoms with E-state index in [-0.39, 0.29) is 36.0 Å². The van der Waals surface area contributed by atoms with Crippen molar-refractivity contribution in [2.45, 2.75) is 26.7 Å². The minimum atomic E-state index is -0.172. The molecular weight excluding hydrogens is 328 g/mol. The predicted octanol–water partition coefficient (Wildman–Crippen LogP) is 3.74. The predicted molar refractivity (Wildman–Crippen MR) is 98.0 cm³/mol. The Morgan fingerprint density at radius 1 is 0.692 bits per heavy atom. The van der Waals surface area contributed by atoms with Gasteiger partial charge in [0.25, 0.3) is 0 Å². The van der Waals surface area contributed by atoms with Gasteiger partial charge in [-0.1, -0.05) is 36.4 Å². The monoisotopic (exact) mass is 346 g/mol. The molecule has 0 bridgehead atoms. The molecule has 4 nitrogen and oxygen atoms in total. The molecule has 0 unspecified atom stereocenters. The third-order valence-corrected chi connectivity index (χ3v) is 4.57. The van der Waals surface area contributed by atoms with Crippen molar-refractivity contribution in [2.75, 3.05) is 0 Å². The molecule has 0 heterocycles. The molecule has 0 N–H and O–H groups in total. The van der Waals surface area contributed by atoms with Gasteiger partial charge in [0.2, 0.25) is 0 Å². The van der Waals surface area contributed by atoms with Crippen molar-refractivity contribution in [2.24, 2.45) is 0 Å². The van der Waals surface area contributed by atoms with E-state index in [0.717, 1.165) is 0 Å². The molecule has 1 aromatic carbocycles. The van der Waals surface area contributed by atoms with Crippen LogP contribution >= 0.6 is 0 Å². The maximum absolute atomic E-state index is 12.5. The second kappa shape index (κ2) is 7.00. The quantitative estimate of drug-likeness (QED) is 0.779. The molecule has 0 amide bonds. The maximum atomic E-state index is 12.5. The molecule has 26 heavy (non-hydrogen) atoms. The molecule has 2 aliphatic carbocycles. The van der Waals surface area contributed by atoms with Crippen LogP contribution in [-0.4, -0.2) is 23.1 Å². The molecule has 0 saturated carbocycles. The van der Waals surface area contributed by atoms with E-state index in [2.05, 4.69) is 0 Å². The molecule has 0 aliphatic heterocycles. The highest BCUT2D eigenvalue weighted by Crippen LogP contribution is 2.21. The van der Waals surface area contributed by atoms with Gasteiger partial charge in [-0.05, 0) is 37.1 Å². The number of ketones is 4. The lowest BCUT2D eigenvalue weighted by molar-refractivity contribution is -0.115. The highest BCUT2D eigenvalue weighted by molar-refractivity contribution is 6.15.